The predicted molar refractivity (Wildman–Crippen MR) is 96.5 cm³/mol. The number of benzene rings is 2. The van der Waals surface area contributed by atoms with E-state index in [0.717, 1.165) is 22.3 Å². The van der Waals surface area contributed by atoms with Gasteiger partial charge >= 0.3 is 0 Å². The molecular weight excluding hydrogens is 292 g/mol. The van der Waals surface area contributed by atoms with Crippen molar-refractivity contribution in [1.29, 1.82) is 0 Å². The lowest BCUT2D eigenvalue weighted by molar-refractivity contribution is 0.869. The summed E-state index contributed by atoms with van der Waals surface area (Å²) in [6, 6.07) is 14.2. The Morgan fingerprint density at radius 3 is 2.77 bits per heavy atom. The molecule has 0 unspecified atom stereocenters. The van der Waals surface area contributed by atoms with Gasteiger partial charge in [-0.3, -0.25) is 5.10 Å². The highest BCUT2D eigenvalue weighted by Gasteiger charge is 2.07. The molecule has 0 aliphatic rings. The minimum absolute atomic E-state index is 0.438. The molecule has 0 spiro atoms. The number of rotatable bonds is 3. The van der Waals surface area contributed by atoms with Gasteiger partial charge in [0.1, 0.15) is 0 Å². The SMILES string of the molecule is CC(C)c1ccccc1NC(=S)Nc1ccc2cn[nH]c2c1. The van der Waals surface area contributed by atoms with Gasteiger partial charge in [0.25, 0.3) is 0 Å². The average molecular weight is 310 g/mol. The first-order chi connectivity index (χ1) is 10.6. The van der Waals surface area contributed by atoms with Crippen LogP contribution in [0.5, 0.6) is 0 Å². The van der Waals surface area contributed by atoms with E-state index in [1.54, 1.807) is 6.20 Å². The van der Waals surface area contributed by atoms with Gasteiger partial charge in [0.15, 0.2) is 5.11 Å². The maximum absolute atomic E-state index is 5.42. The second kappa shape index (κ2) is 6.15. The van der Waals surface area contributed by atoms with Crippen molar-refractivity contribution < 1.29 is 0 Å². The van der Waals surface area contributed by atoms with Gasteiger partial charge in [0.2, 0.25) is 0 Å². The van der Waals surface area contributed by atoms with E-state index in [2.05, 4.69) is 40.7 Å². The number of nitrogens with one attached hydrogen (secondary N) is 3. The molecule has 1 aromatic heterocycles. The van der Waals surface area contributed by atoms with Crippen molar-refractivity contribution in [1.82, 2.24) is 10.2 Å². The maximum Gasteiger partial charge on any atom is 0.175 e. The van der Waals surface area contributed by atoms with Gasteiger partial charge in [0, 0.05) is 16.8 Å². The van der Waals surface area contributed by atoms with Crippen molar-refractivity contribution in [3.05, 3.63) is 54.2 Å². The zero-order valence-electron chi connectivity index (χ0n) is 12.6. The fourth-order valence-corrected chi connectivity index (χ4v) is 2.64. The molecule has 0 bridgehead atoms. The number of H-pyrrole nitrogens is 1. The molecule has 0 aliphatic heterocycles. The molecule has 4 nitrogen and oxygen atoms in total. The van der Waals surface area contributed by atoms with Crippen LogP contribution in [-0.2, 0) is 0 Å². The number of hydrogen-bond acceptors (Lipinski definition) is 2. The largest absolute Gasteiger partial charge is 0.332 e. The summed E-state index contributed by atoms with van der Waals surface area (Å²) in [4.78, 5) is 0. The monoisotopic (exact) mass is 310 g/mol. The van der Waals surface area contributed by atoms with Crippen molar-refractivity contribution >= 4 is 39.6 Å². The van der Waals surface area contributed by atoms with Gasteiger partial charge in [0.05, 0.1) is 11.7 Å². The lowest BCUT2D eigenvalue weighted by Crippen LogP contribution is -2.20. The normalized spacial score (nSPS) is 10.9. The molecule has 2 aromatic carbocycles. The second-order valence-electron chi connectivity index (χ2n) is 5.49. The van der Waals surface area contributed by atoms with Gasteiger partial charge in [-0.15, -0.1) is 0 Å². The van der Waals surface area contributed by atoms with Gasteiger partial charge in [-0.1, -0.05) is 32.0 Å². The Hall–Kier alpha value is -2.40. The molecule has 3 rings (SSSR count). The molecule has 0 radical (unpaired) electrons. The van der Waals surface area contributed by atoms with Gasteiger partial charge in [-0.2, -0.15) is 5.10 Å². The van der Waals surface area contributed by atoms with E-state index >= 15 is 0 Å². The number of para-hydroxylation sites is 1. The van der Waals surface area contributed by atoms with Gasteiger partial charge < -0.3 is 10.6 Å². The van der Waals surface area contributed by atoms with Crippen LogP contribution in [-0.4, -0.2) is 15.3 Å². The third-order valence-electron chi connectivity index (χ3n) is 3.53. The lowest BCUT2D eigenvalue weighted by Gasteiger charge is -2.16. The third kappa shape index (κ3) is 3.09. The van der Waals surface area contributed by atoms with Crippen molar-refractivity contribution in [2.24, 2.45) is 0 Å². The summed E-state index contributed by atoms with van der Waals surface area (Å²) in [5.74, 6) is 0.438. The van der Waals surface area contributed by atoms with Gasteiger partial charge in [-0.25, -0.2) is 0 Å². The Labute approximate surface area is 134 Å². The molecule has 5 heteroatoms. The van der Waals surface area contributed by atoms with Crippen LogP contribution in [0.15, 0.2) is 48.7 Å². The van der Waals surface area contributed by atoms with Crippen LogP contribution in [0.4, 0.5) is 11.4 Å². The molecule has 3 N–H and O–H groups in total. The second-order valence-corrected chi connectivity index (χ2v) is 5.90. The molecule has 1 heterocycles. The topological polar surface area (TPSA) is 52.7 Å². The summed E-state index contributed by atoms with van der Waals surface area (Å²) in [5, 5.41) is 15.1. The first-order valence-electron chi connectivity index (χ1n) is 7.23. The molecule has 0 fully saturated rings. The van der Waals surface area contributed by atoms with Crippen LogP contribution in [0, 0.1) is 0 Å². The van der Waals surface area contributed by atoms with Gasteiger partial charge in [-0.05, 0) is 48.0 Å². The molecule has 0 saturated carbocycles. The van der Waals surface area contributed by atoms with Crippen LogP contribution in [0.1, 0.15) is 25.3 Å². The van der Waals surface area contributed by atoms with E-state index in [1.807, 2.05) is 36.4 Å². The number of nitrogens with zero attached hydrogens (tertiary/aromatic N) is 1. The summed E-state index contributed by atoms with van der Waals surface area (Å²) in [7, 11) is 0. The fraction of sp³-hybridized carbons (Fsp3) is 0.176. The highest BCUT2D eigenvalue weighted by atomic mass is 32.1. The Morgan fingerprint density at radius 2 is 1.95 bits per heavy atom. The fourth-order valence-electron chi connectivity index (χ4n) is 2.41. The number of aromatic amines is 1. The zero-order valence-corrected chi connectivity index (χ0v) is 13.4. The highest BCUT2D eigenvalue weighted by molar-refractivity contribution is 7.80. The number of aromatic nitrogens is 2. The molecule has 3 aromatic rings. The number of hydrogen-bond donors (Lipinski definition) is 3. The average Bonchev–Trinajstić information content (AvgIpc) is 2.95. The van der Waals surface area contributed by atoms with E-state index in [1.165, 1.54) is 5.56 Å². The summed E-state index contributed by atoms with van der Waals surface area (Å²) < 4.78 is 0. The van der Waals surface area contributed by atoms with E-state index in [4.69, 9.17) is 12.2 Å². The Morgan fingerprint density at radius 1 is 1.14 bits per heavy atom. The third-order valence-corrected chi connectivity index (χ3v) is 3.73. The van der Waals surface area contributed by atoms with Crippen LogP contribution in [0.3, 0.4) is 0 Å². The molecule has 0 amide bonds. The van der Waals surface area contributed by atoms with Crippen LogP contribution >= 0.6 is 12.2 Å². The standard InChI is InChI=1S/C17H18N4S/c1-11(2)14-5-3-4-6-15(14)20-17(22)19-13-8-7-12-10-18-21-16(12)9-13/h3-11H,1-2H3,(H,18,21)(H2,19,20,22). The molecule has 112 valence electrons. The minimum Gasteiger partial charge on any atom is -0.332 e. The smallest absolute Gasteiger partial charge is 0.175 e. The molecular formula is C17H18N4S. The molecule has 0 saturated heterocycles. The first-order valence-corrected chi connectivity index (χ1v) is 7.64. The lowest BCUT2D eigenvalue weighted by atomic mass is 10.0. The number of fused-ring (bicyclic) bond motifs is 1. The predicted octanol–water partition coefficient (Wildman–Crippen LogP) is 4.50. The summed E-state index contributed by atoms with van der Waals surface area (Å²) in [5.41, 5.74) is 4.19. The molecule has 0 aliphatic carbocycles. The zero-order chi connectivity index (χ0) is 15.5. The minimum atomic E-state index is 0.438. The van der Waals surface area contributed by atoms with E-state index in [-0.39, 0.29) is 0 Å². The summed E-state index contributed by atoms with van der Waals surface area (Å²) >= 11 is 5.42. The maximum atomic E-state index is 5.42. The van der Waals surface area contributed by atoms with Crippen molar-refractivity contribution in [3.63, 3.8) is 0 Å². The number of thiocarbonyl (C=S) groups is 1. The number of anilines is 2. The highest BCUT2D eigenvalue weighted by Crippen LogP contribution is 2.24. The molecule has 22 heavy (non-hydrogen) atoms. The first kappa shape index (κ1) is 14.5. The van der Waals surface area contributed by atoms with Crippen molar-refractivity contribution in [2.45, 2.75) is 19.8 Å². The quantitative estimate of drug-likeness (QED) is 0.624. The molecule has 0 atom stereocenters. The van der Waals surface area contributed by atoms with Crippen LogP contribution < -0.4 is 10.6 Å². The van der Waals surface area contributed by atoms with Crippen LogP contribution in [0.2, 0.25) is 0 Å². The summed E-state index contributed by atoms with van der Waals surface area (Å²) in [6.07, 6.45) is 1.80. The van der Waals surface area contributed by atoms with Crippen LogP contribution in [0.25, 0.3) is 10.9 Å². The van der Waals surface area contributed by atoms with Crippen molar-refractivity contribution in [2.75, 3.05) is 10.6 Å². The Kier molecular flexibility index (Phi) is 4.06. The van der Waals surface area contributed by atoms with E-state index in [9.17, 15) is 0 Å². The summed E-state index contributed by atoms with van der Waals surface area (Å²) in [6.45, 7) is 4.34. The van der Waals surface area contributed by atoms with E-state index in [0.29, 0.717) is 11.0 Å². The van der Waals surface area contributed by atoms with Crippen molar-refractivity contribution in [3.8, 4) is 0 Å². The Bertz CT molecular complexity index is 807. The van der Waals surface area contributed by atoms with E-state index < -0.39 is 0 Å². The Balaban J connectivity index is 1.75.